The van der Waals surface area contributed by atoms with E-state index in [1.165, 1.54) is 19.3 Å². The molecule has 2 rings (SSSR count). The van der Waals surface area contributed by atoms with Crippen LogP contribution in [0.25, 0.3) is 0 Å². The molecule has 18 heavy (non-hydrogen) atoms. The van der Waals surface area contributed by atoms with Crippen LogP contribution >= 0.6 is 0 Å². The third kappa shape index (κ3) is 3.01. The zero-order valence-electron chi connectivity index (χ0n) is 11.0. The summed E-state index contributed by atoms with van der Waals surface area (Å²) in [5, 5.41) is 0. The predicted octanol–water partition coefficient (Wildman–Crippen LogP) is 2.40. The lowest BCUT2D eigenvalue weighted by molar-refractivity contribution is 0.229. The summed E-state index contributed by atoms with van der Waals surface area (Å²) >= 11 is 0. The van der Waals surface area contributed by atoms with Crippen molar-refractivity contribution in [2.45, 2.75) is 38.6 Å². The topological polar surface area (TPSA) is 53.6 Å². The number of benzene rings is 1. The standard InChI is InChI=1S/C14H22N4/c1-2-13-10-6-7-11-18(13)14(17-15)16-12-8-4-3-5-9-12/h3-5,8-9,13H,2,6-7,10-11,15H2,1H3,(H,16,17). The molecule has 1 saturated heterocycles. The Hall–Kier alpha value is -1.55. The molecule has 0 spiro atoms. The maximum absolute atomic E-state index is 5.65. The predicted molar refractivity (Wildman–Crippen MR) is 75.5 cm³/mol. The Labute approximate surface area is 109 Å². The summed E-state index contributed by atoms with van der Waals surface area (Å²) in [6.45, 7) is 3.26. The lowest BCUT2D eigenvalue weighted by Gasteiger charge is -2.37. The molecule has 0 bridgehead atoms. The van der Waals surface area contributed by atoms with Crippen molar-refractivity contribution in [1.29, 1.82) is 0 Å². The number of hydrogen-bond acceptors (Lipinski definition) is 2. The van der Waals surface area contributed by atoms with Gasteiger partial charge in [-0.25, -0.2) is 10.8 Å². The van der Waals surface area contributed by atoms with E-state index in [9.17, 15) is 0 Å². The lowest BCUT2D eigenvalue weighted by Crippen LogP contribution is -2.51. The molecular formula is C14H22N4. The Morgan fingerprint density at radius 1 is 1.39 bits per heavy atom. The monoisotopic (exact) mass is 246 g/mol. The van der Waals surface area contributed by atoms with Gasteiger partial charge in [0.1, 0.15) is 0 Å². The van der Waals surface area contributed by atoms with Gasteiger partial charge in [-0.2, -0.15) is 0 Å². The number of hydrogen-bond donors (Lipinski definition) is 2. The molecule has 0 radical (unpaired) electrons. The number of guanidine groups is 1. The van der Waals surface area contributed by atoms with Crippen LogP contribution in [0.15, 0.2) is 35.3 Å². The minimum Gasteiger partial charge on any atom is -0.339 e. The first-order valence-electron chi connectivity index (χ1n) is 6.72. The first-order valence-corrected chi connectivity index (χ1v) is 6.72. The molecular weight excluding hydrogens is 224 g/mol. The molecule has 98 valence electrons. The maximum atomic E-state index is 5.65. The van der Waals surface area contributed by atoms with Crippen LogP contribution in [0.2, 0.25) is 0 Å². The molecule has 1 aliphatic rings. The summed E-state index contributed by atoms with van der Waals surface area (Å²) in [5.41, 5.74) is 3.70. The second-order valence-electron chi connectivity index (χ2n) is 4.67. The number of nitrogens with one attached hydrogen (secondary N) is 1. The van der Waals surface area contributed by atoms with Crippen molar-refractivity contribution in [3.8, 4) is 0 Å². The molecule has 0 amide bonds. The Balaban J connectivity index is 2.19. The van der Waals surface area contributed by atoms with Crippen LogP contribution in [-0.2, 0) is 0 Å². The molecule has 1 atom stereocenters. The van der Waals surface area contributed by atoms with Gasteiger partial charge in [0.05, 0.1) is 5.69 Å². The van der Waals surface area contributed by atoms with E-state index < -0.39 is 0 Å². The molecule has 1 fully saturated rings. The molecule has 4 heteroatoms. The number of rotatable bonds is 2. The fraction of sp³-hybridized carbons (Fsp3) is 0.500. The van der Waals surface area contributed by atoms with Crippen molar-refractivity contribution in [2.75, 3.05) is 6.54 Å². The Morgan fingerprint density at radius 2 is 2.17 bits per heavy atom. The summed E-state index contributed by atoms with van der Waals surface area (Å²) in [4.78, 5) is 6.91. The van der Waals surface area contributed by atoms with Crippen LogP contribution in [0.1, 0.15) is 32.6 Å². The summed E-state index contributed by atoms with van der Waals surface area (Å²) in [6, 6.07) is 10.5. The van der Waals surface area contributed by atoms with Crippen LogP contribution < -0.4 is 11.3 Å². The normalized spacial score (nSPS) is 20.9. The summed E-state index contributed by atoms with van der Waals surface area (Å²) in [6.07, 6.45) is 4.88. The van der Waals surface area contributed by atoms with Crippen LogP contribution in [0.4, 0.5) is 5.69 Å². The quantitative estimate of drug-likeness (QED) is 0.365. The summed E-state index contributed by atoms with van der Waals surface area (Å²) < 4.78 is 0. The highest BCUT2D eigenvalue weighted by molar-refractivity contribution is 5.82. The van der Waals surface area contributed by atoms with Gasteiger partial charge in [-0.15, -0.1) is 0 Å². The molecule has 1 unspecified atom stereocenters. The van der Waals surface area contributed by atoms with Crippen LogP contribution in [0.5, 0.6) is 0 Å². The number of nitrogens with two attached hydrogens (primary N) is 1. The van der Waals surface area contributed by atoms with Crippen molar-refractivity contribution in [3.63, 3.8) is 0 Å². The average Bonchev–Trinajstić information content (AvgIpc) is 2.46. The molecule has 3 N–H and O–H groups in total. The Bertz CT molecular complexity index is 388. The number of likely N-dealkylation sites (tertiary alicyclic amines) is 1. The highest BCUT2D eigenvalue weighted by Gasteiger charge is 2.23. The minimum absolute atomic E-state index is 0.553. The van der Waals surface area contributed by atoms with Gasteiger partial charge in [-0.1, -0.05) is 25.1 Å². The van der Waals surface area contributed by atoms with Gasteiger partial charge in [0, 0.05) is 12.6 Å². The van der Waals surface area contributed by atoms with Crippen molar-refractivity contribution in [2.24, 2.45) is 10.8 Å². The van der Waals surface area contributed by atoms with Crippen LogP contribution in [-0.4, -0.2) is 23.4 Å². The van der Waals surface area contributed by atoms with E-state index in [0.717, 1.165) is 24.6 Å². The molecule has 0 saturated carbocycles. The molecule has 1 aromatic carbocycles. The Morgan fingerprint density at radius 3 is 2.83 bits per heavy atom. The third-order valence-electron chi connectivity index (χ3n) is 3.49. The number of para-hydroxylation sites is 1. The van der Waals surface area contributed by atoms with Gasteiger partial charge < -0.3 is 4.90 Å². The second kappa shape index (κ2) is 6.40. The van der Waals surface area contributed by atoms with E-state index in [1.807, 2.05) is 30.3 Å². The first-order chi connectivity index (χ1) is 8.85. The van der Waals surface area contributed by atoms with Gasteiger partial charge in [-0.05, 0) is 37.8 Å². The highest BCUT2D eigenvalue weighted by Crippen LogP contribution is 2.20. The fourth-order valence-corrected chi connectivity index (χ4v) is 2.51. The molecule has 0 aliphatic carbocycles. The SMILES string of the molecule is CCC1CCCCN1C(=Nc1ccccc1)NN. The van der Waals surface area contributed by atoms with Gasteiger partial charge in [0.25, 0.3) is 0 Å². The first kappa shape index (κ1) is 12.9. The van der Waals surface area contributed by atoms with Gasteiger partial charge in [-0.3, -0.25) is 5.43 Å². The van der Waals surface area contributed by atoms with E-state index in [2.05, 4.69) is 22.2 Å². The van der Waals surface area contributed by atoms with Crippen molar-refractivity contribution in [3.05, 3.63) is 30.3 Å². The van der Waals surface area contributed by atoms with Gasteiger partial charge in [0.15, 0.2) is 0 Å². The number of piperidine rings is 1. The minimum atomic E-state index is 0.553. The number of hydrazine groups is 1. The maximum Gasteiger partial charge on any atom is 0.213 e. The summed E-state index contributed by atoms with van der Waals surface area (Å²) in [5.74, 6) is 6.43. The third-order valence-corrected chi connectivity index (χ3v) is 3.49. The highest BCUT2D eigenvalue weighted by atomic mass is 15.4. The van der Waals surface area contributed by atoms with E-state index in [4.69, 9.17) is 5.84 Å². The molecule has 0 aromatic heterocycles. The van der Waals surface area contributed by atoms with Crippen molar-refractivity contribution < 1.29 is 0 Å². The molecule has 1 aliphatic heterocycles. The van der Waals surface area contributed by atoms with Crippen molar-refractivity contribution >= 4 is 11.6 Å². The zero-order chi connectivity index (χ0) is 12.8. The lowest BCUT2D eigenvalue weighted by atomic mass is 10.0. The van der Waals surface area contributed by atoms with Gasteiger partial charge in [0.2, 0.25) is 5.96 Å². The zero-order valence-corrected chi connectivity index (χ0v) is 11.0. The smallest absolute Gasteiger partial charge is 0.213 e. The van der Waals surface area contributed by atoms with E-state index in [0.29, 0.717) is 6.04 Å². The number of nitrogens with zero attached hydrogens (tertiary/aromatic N) is 2. The van der Waals surface area contributed by atoms with Crippen LogP contribution in [0, 0.1) is 0 Å². The number of aliphatic imine (C=N–C) groups is 1. The average molecular weight is 246 g/mol. The van der Waals surface area contributed by atoms with Crippen LogP contribution in [0.3, 0.4) is 0 Å². The van der Waals surface area contributed by atoms with Crippen molar-refractivity contribution in [1.82, 2.24) is 10.3 Å². The van der Waals surface area contributed by atoms with E-state index in [1.54, 1.807) is 0 Å². The molecule has 1 heterocycles. The van der Waals surface area contributed by atoms with E-state index in [-0.39, 0.29) is 0 Å². The second-order valence-corrected chi connectivity index (χ2v) is 4.67. The molecule has 1 aromatic rings. The molecule has 4 nitrogen and oxygen atoms in total. The van der Waals surface area contributed by atoms with Gasteiger partial charge >= 0.3 is 0 Å². The van der Waals surface area contributed by atoms with E-state index >= 15 is 0 Å². The fourth-order valence-electron chi connectivity index (χ4n) is 2.51. The largest absolute Gasteiger partial charge is 0.339 e. The Kier molecular flexibility index (Phi) is 4.59. The summed E-state index contributed by atoms with van der Waals surface area (Å²) in [7, 11) is 0.